The van der Waals surface area contributed by atoms with Crippen molar-refractivity contribution in [2.24, 2.45) is 0 Å². The minimum absolute atomic E-state index is 0.00922. The topological polar surface area (TPSA) is 51.8 Å². The monoisotopic (exact) mass is 388 g/mol. The molecule has 0 heterocycles. The number of nitrogens with one attached hydrogen (secondary N) is 2. The summed E-state index contributed by atoms with van der Waals surface area (Å²) in [5.41, 5.74) is 1.95. The average Bonchev–Trinajstić information content (AvgIpc) is 2.64. The van der Waals surface area contributed by atoms with Gasteiger partial charge in [0.1, 0.15) is 5.75 Å². The molecule has 0 spiro atoms. The smallest absolute Gasteiger partial charge is 0.171 e. The number of anilines is 1. The fraction of sp³-hybridized carbons (Fsp3) is 0.381. The van der Waals surface area contributed by atoms with Gasteiger partial charge in [0.25, 0.3) is 0 Å². The van der Waals surface area contributed by atoms with Gasteiger partial charge in [-0.1, -0.05) is 12.1 Å². The van der Waals surface area contributed by atoms with E-state index in [-0.39, 0.29) is 6.04 Å². The maximum Gasteiger partial charge on any atom is 0.171 e. The van der Waals surface area contributed by atoms with Crippen molar-refractivity contribution in [3.8, 4) is 17.2 Å². The Morgan fingerprint density at radius 3 is 2.33 bits per heavy atom. The van der Waals surface area contributed by atoms with Crippen LogP contribution in [0.15, 0.2) is 42.5 Å². The zero-order valence-electron chi connectivity index (χ0n) is 16.4. The van der Waals surface area contributed by atoms with Crippen molar-refractivity contribution in [3.05, 3.63) is 48.0 Å². The van der Waals surface area contributed by atoms with Crippen molar-refractivity contribution in [2.75, 3.05) is 25.1 Å². The number of hydrogen-bond acceptors (Lipinski definition) is 4. The van der Waals surface area contributed by atoms with Crippen LogP contribution in [0.1, 0.15) is 39.3 Å². The third kappa shape index (κ3) is 6.32. The van der Waals surface area contributed by atoms with Crippen LogP contribution in [0.2, 0.25) is 0 Å². The largest absolute Gasteiger partial charge is 0.494 e. The summed E-state index contributed by atoms with van der Waals surface area (Å²) in [6.45, 7) is 9.74. The van der Waals surface area contributed by atoms with Gasteiger partial charge in [-0.05, 0) is 69.7 Å². The van der Waals surface area contributed by atoms with Crippen LogP contribution in [0.4, 0.5) is 5.69 Å². The van der Waals surface area contributed by atoms with Crippen LogP contribution in [0.25, 0.3) is 0 Å². The first-order valence-corrected chi connectivity index (χ1v) is 9.68. The van der Waals surface area contributed by atoms with Gasteiger partial charge in [0, 0.05) is 11.8 Å². The molecule has 2 aromatic rings. The van der Waals surface area contributed by atoms with Crippen molar-refractivity contribution < 1.29 is 14.2 Å². The molecule has 5 nitrogen and oxygen atoms in total. The maximum atomic E-state index is 5.70. The van der Waals surface area contributed by atoms with Crippen LogP contribution in [-0.4, -0.2) is 24.9 Å². The van der Waals surface area contributed by atoms with E-state index in [9.17, 15) is 0 Å². The molecule has 0 amide bonds. The molecule has 1 atom stereocenters. The van der Waals surface area contributed by atoms with Gasteiger partial charge in [0.05, 0.1) is 25.9 Å². The second-order valence-corrected chi connectivity index (χ2v) is 6.26. The highest BCUT2D eigenvalue weighted by Crippen LogP contribution is 2.30. The van der Waals surface area contributed by atoms with Crippen LogP contribution in [0.5, 0.6) is 17.2 Å². The van der Waals surface area contributed by atoms with E-state index in [1.54, 1.807) is 0 Å². The zero-order valence-corrected chi connectivity index (χ0v) is 17.2. The molecule has 2 rings (SSSR count). The highest BCUT2D eigenvalue weighted by atomic mass is 32.1. The van der Waals surface area contributed by atoms with Crippen LogP contribution in [-0.2, 0) is 0 Å². The fourth-order valence-electron chi connectivity index (χ4n) is 2.61. The maximum absolute atomic E-state index is 5.70. The second kappa shape index (κ2) is 10.6. The van der Waals surface area contributed by atoms with Gasteiger partial charge in [0.2, 0.25) is 0 Å². The summed E-state index contributed by atoms with van der Waals surface area (Å²) in [6, 6.07) is 13.7. The molecule has 0 aliphatic rings. The normalized spacial score (nSPS) is 11.4. The molecule has 146 valence electrons. The van der Waals surface area contributed by atoms with Crippen molar-refractivity contribution in [1.29, 1.82) is 0 Å². The number of thiocarbonyl (C=S) groups is 1. The van der Waals surface area contributed by atoms with Crippen molar-refractivity contribution in [1.82, 2.24) is 5.32 Å². The van der Waals surface area contributed by atoms with Crippen molar-refractivity contribution in [3.63, 3.8) is 0 Å². The summed E-state index contributed by atoms with van der Waals surface area (Å²) in [5, 5.41) is 7.04. The molecule has 0 saturated carbocycles. The van der Waals surface area contributed by atoms with E-state index < -0.39 is 0 Å². The first-order chi connectivity index (χ1) is 13.1. The first-order valence-electron chi connectivity index (χ1n) is 9.27. The molecule has 0 unspecified atom stereocenters. The summed E-state index contributed by atoms with van der Waals surface area (Å²) in [6.07, 6.45) is 0. The van der Waals surface area contributed by atoms with E-state index in [0.717, 1.165) is 28.5 Å². The summed E-state index contributed by atoms with van der Waals surface area (Å²) in [7, 11) is 0. The van der Waals surface area contributed by atoms with E-state index in [0.29, 0.717) is 24.9 Å². The number of benzene rings is 2. The molecule has 2 N–H and O–H groups in total. The van der Waals surface area contributed by atoms with Crippen LogP contribution in [0, 0.1) is 0 Å². The standard InChI is InChI=1S/C21H28N2O3S/c1-5-24-18-10-8-9-17(14-18)23-21(27)22-15(4)16-11-12-19(25-6-2)20(13-16)26-7-3/h8-15H,5-7H2,1-4H3,(H2,22,23,27)/t15-/m1/s1. The Labute approximate surface area is 167 Å². The van der Waals surface area contributed by atoms with Gasteiger partial charge in [-0.15, -0.1) is 0 Å². The molecule has 0 bridgehead atoms. The highest BCUT2D eigenvalue weighted by molar-refractivity contribution is 7.80. The Balaban J connectivity index is 2.03. The van der Waals surface area contributed by atoms with E-state index >= 15 is 0 Å². The Morgan fingerprint density at radius 2 is 1.63 bits per heavy atom. The van der Waals surface area contributed by atoms with Gasteiger partial charge in [0.15, 0.2) is 16.6 Å². The second-order valence-electron chi connectivity index (χ2n) is 5.85. The van der Waals surface area contributed by atoms with Crippen LogP contribution < -0.4 is 24.8 Å². The molecule has 0 aromatic heterocycles. The molecular weight excluding hydrogens is 360 g/mol. The van der Waals surface area contributed by atoms with Crippen molar-refractivity contribution in [2.45, 2.75) is 33.7 Å². The van der Waals surface area contributed by atoms with Crippen LogP contribution >= 0.6 is 12.2 Å². The molecule has 0 aliphatic carbocycles. The lowest BCUT2D eigenvalue weighted by molar-refractivity contribution is 0.287. The Hall–Kier alpha value is -2.47. The Morgan fingerprint density at radius 1 is 0.926 bits per heavy atom. The summed E-state index contributed by atoms with van der Waals surface area (Å²) in [5.74, 6) is 2.31. The lowest BCUT2D eigenvalue weighted by Crippen LogP contribution is -2.30. The van der Waals surface area contributed by atoms with Gasteiger partial charge >= 0.3 is 0 Å². The molecule has 0 saturated heterocycles. The molecular formula is C21H28N2O3S. The molecule has 27 heavy (non-hydrogen) atoms. The van der Waals surface area contributed by atoms with Gasteiger partial charge in [-0.2, -0.15) is 0 Å². The van der Waals surface area contributed by atoms with Gasteiger partial charge < -0.3 is 24.8 Å². The number of ether oxygens (including phenoxy) is 3. The molecule has 0 radical (unpaired) electrons. The molecule has 0 aliphatic heterocycles. The summed E-state index contributed by atoms with van der Waals surface area (Å²) in [4.78, 5) is 0. The minimum atomic E-state index is 0.00922. The number of rotatable bonds is 9. The molecule has 2 aromatic carbocycles. The van der Waals surface area contributed by atoms with E-state index in [1.165, 1.54) is 0 Å². The van der Waals surface area contributed by atoms with E-state index in [4.69, 9.17) is 26.4 Å². The Kier molecular flexibility index (Phi) is 8.20. The SMILES string of the molecule is CCOc1cccc(NC(=S)N[C@H](C)c2ccc(OCC)c(OCC)c2)c1. The molecule has 0 fully saturated rings. The predicted octanol–water partition coefficient (Wildman–Crippen LogP) is 4.93. The lowest BCUT2D eigenvalue weighted by atomic mass is 10.1. The third-order valence-electron chi connectivity index (χ3n) is 3.82. The highest BCUT2D eigenvalue weighted by Gasteiger charge is 2.12. The van der Waals surface area contributed by atoms with E-state index in [2.05, 4.69) is 17.6 Å². The number of hydrogen-bond donors (Lipinski definition) is 2. The van der Waals surface area contributed by atoms with E-state index in [1.807, 2.05) is 63.2 Å². The quantitative estimate of drug-likeness (QED) is 0.594. The van der Waals surface area contributed by atoms with Gasteiger partial charge in [-0.3, -0.25) is 0 Å². The predicted molar refractivity (Wildman–Crippen MR) is 114 cm³/mol. The van der Waals surface area contributed by atoms with Crippen LogP contribution in [0.3, 0.4) is 0 Å². The first kappa shape index (κ1) is 20.8. The summed E-state index contributed by atoms with van der Waals surface area (Å²) < 4.78 is 16.8. The third-order valence-corrected chi connectivity index (χ3v) is 4.04. The lowest BCUT2D eigenvalue weighted by Gasteiger charge is -2.19. The minimum Gasteiger partial charge on any atom is -0.494 e. The summed E-state index contributed by atoms with van der Waals surface area (Å²) >= 11 is 5.45. The zero-order chi connectivity index (χ0) is 19.6. The van der Waals surface area contributed by atoms with Gasteiger partial charge in [-0.25, -0.2) is 0 Å². The van der Waals surface area contributed by atoms with Crippen molar-refractivity contribution >= 4 is 23.0 Å². The average molecular weight is 389 g/mol. The Bertz CT molecular complexity index is 752. The fourth-order valence-corrected chi connectivity index (χ4v) is 2.91. The molecule has 6 heteroatoms.